The molecular weight excluding hydrogens is 458 g/mol. The molecular formula is C28H39N3O5. The van der Waals surface area contributed by atoms with Crippen LogP contribution in [-0.2, 0) is 21.3 Å². The van der Waals surface area contributed by atoms with Gasteiger partial charge < -0.3 is 19.5 Å². The fourth-order valence-corrected chi connectivity index (χ4v) is 5.16. The van der Waals surface area contributed by atoms with E-state index in [0.717, 1.165) is 50.2 Å². The van der Waals surface area contributed by atoms with Crippen LogP contribution in [0.2, 0.25) is 0 Å². The maximum Gasteiger partial charge on any atom is 0.288 e. The number of likely N-dealkylation sites (tertiary alicyclic amines) is 1. The lowest BCUT2D eigenvalue weighted by Crippen LogP contribution is -2.38. The number of unbranched alkanes of at least 4 members (excludes halogenated alkanes) is 1. The van der Waals surface area contributed by atoms with Gasteiger partial charge in [-0.1, -0.05) is 37.5 Å². The molecule has 0 spiro atoms. The highest BCUT2D eigenvalue weighted by Crippen LogP contribution is 2.33. The van der Waals surface area contributed by atoms with Crippen molar-refractivity contribution in [3.63, 3.8) is 0 Å². The minimum absolute atomic E-state index is 0.0959. The van der Waals surface area contributed by atoms with Crippen molar-refractivity contribution in [2.24, 2.45) is 7.05 Å². The van der Waals surface area contributed by atoms with Crippen molar-refractivity contribution < 1.29 is 19.4 Å². The van der Waals surface area contributed by atoms with Crippen LogP contribution in [0, 0.1) is 6.92 Å². The third-order valence-corrected chi connectivity index (χ3v) is 7.24. The van der Waals surface area contributed by atoms with E-state index >= 15 is 0 Å². The molecule has 8 nitrogen and oxygen atoms in total. The topological polar surface area (TPSA) is 85.9 Å². The van der Waals surface area contributed by atoms with E-state index in [1.54, 1.807) is 4.68 Å². The fraction of sp³-hybridized carbons (Fsp3) is 0.571. The van der Waals surface area contributed by atoms with Crippen LogP contribution in [-0.4, -0.2) is 57.9 Å². The molecule has 2 aromatic rings. The third kappa shape index (κ3) is 5.93. The van der Waals surface area contributed by atoms with Gasteiger partial charge in [-0.15, -0.1) is 0 Å². The highest BCUT2D eigenvalue weighted by Gasteiger charge is 2.34. The molecule has 1 aromatic carbocycles. The number of allylic oxidation sites excluding steroid dienone is 1. The average Bonchev–Trinajstić information content (AvgIpc) is 3.09. The number of amides is 1. The Morgan fingerprint density at radius 3 is 2.47 bits per heavy atom. The van der Waals surface area contributed by atoms with Gasteiger partial charge in [0.05, 0.1) is 12.3 Å². The van der Waals surface area contributed by atoms with E-state index in [0.29, 0.717) is 31.4 Å². The molecule has 1 N–H and O–H groups in total. The van der Waals surface area contributed by atoms with Crippen molar-refractivity contribution in [2.75, 3.05) is 26.3 Å². The van der Waals surface area contributed by atoms with Crippen molar-refractivity contribution in [1.29, 1.82) is 0 Å². The SMILES string of the molecule is Cc1c([C@@H]2C=C(C(=O)N3CCCCCCC3)O[C@H](OCCCCO)C2)c(=O)n(-c2ccccc2)n1C. The van der Waals surface area contributed by atoms with Crippen molar-refractivity contribution in [2.45, 2.75) is 70.5 Å². The third-order valence-electron chi connectivity index (χ3n) is 7.24. The molecule has 1 amide bonds. The number of aliphatic hydroxyl groups is 1. The van der Waals surface area contributed by atoms with Crippen LogP contribution in [0.15, 0.2) is 47.0 Å². The maximum atomic E-state index is 13.7. The van der Waals surface area contributed by atoms with E-state index in [1.807, 2.05) is 60.0 Å². The molecule has 8 heteroatoms. The summed E-state index contributed by atoms with van der Waals surface area (Å²) in [7, 11) is 1.88. The Labute approximate surface area is 213 Å². The number of aliphatic hydroxyl groups excluding tert-OH is 1. The Hall–Kier alpha value is -2.84. The second-order valence-corrected chi connectivity index (χ2v) is 9.76. The first-order chi connectivity index (χ1) is 17.5. The Kier molecular flexibility index (Phi) is 9.04. The molecule has 1 saturated heterocycles. The lowest BCUT2D eigenvalue weighted by atomic mass is 9.93. The first-order valence-corrected chi connectivity index (χ1v) is 13.3. The predicted molar refractivity (Wildman–Crippen MR) is 138 cm³/mol. The first kappa shape index (κ1) is 26.2. The van der Waals surface area contributed by atoms with Gasteiger partial charge in [-0.05, 0) is 50.8 Å². The summed E-state index contributed by atoms with van der Waals surface area (Å²) < 4.78 is 15.6. The van der Waals surface area contributed by atoms with E-state index in [4.69, 9.17) is 14.6 Å². The van der Waals surface area contributed by atoms with E-state index in [-0.39, 0.29) is 29.8 Å². The van der Waals surface area contributed by atoms with E-state index in [9.17, 15) is 9.59 Å². The molecule has 2 aliphatic rings. The minimum atomic E-state index is -0.628. The molecule has 0 radical (unpaired) electrons. The summed E-state index contributed by atoms with van der Waals surface area (Å²) in [5.74, 6) is -0.158. The van der Waals surface area contributed by atoms with Crippen LogP contribution in [0.5, 0.6) is 0 Å². The predicted octanol–water partition coefficient (Wildman–Crippen LogP) is 3.78. The van der Waals surface area contributed by atoms with Gasteiger partial charge >= 0.3 is 0 Å². The van der Waals surface area contributed by atoms with Crippen molar-refractivity contribution >= 4 is 5.91 Å². The van der Waals surface area contributed by atoms with E-state index in [2.05, 4.69) is 0 Å². The maximum absolute atomic E-state index is 13.7. The highest BCUT2D eigenvalue weighted by molar-refractivity contribution is 5.91. The van der Waals surface area contributed by atoms with Gasteiger partial charge in [0.1, 0.15) is 0 Å². The minimum Gasteiger partial charge on any atom is -0.459 e. The Balaban J connectivity index is 1.66. The zero-order valence-corrected chi connectivity index (χ0v) is 21.5. The summed E-state index contributed by atoms with van der Waals surface area (Å²) in [6.45, 7) is 3.91. The van der Waals surface area contributed by atoms with Gasteiger partial charge in [-0.25, -0.2) is 4.68 Å². The number of rotatable bonds is 8. The molecule has 0 aliphatic carbocycles. The molecule has 196 valence electrons. The Bertz CT molecular complexity index is 1100. The second-order valence-electron chi connectivity index (χ2n) is 9.76. The monoisotopic (exact) mass is 497 g/mol. The summed E-state index contributed by atoms with van der Waals surface area (Å²) in [6.07, 6.45) is 8.45. The lowest BCUT2D eigenvalue weighted by Gasteiger charge is -2.32. The molecule has 0 saturated carbocycles. The zero-order chi connectivity index (χ0) is 25.5. The number of carbonyl (C=O) groups excluding carboxylic acids is 1. The van der Waals surface area contributed by atoms with Crippen LogP contribution in [0.25, 0.3) is 5.69 Å². The molecule has 1 aromatic heterocycles. The number of ether oxygens (including phenoxy) is 2. The summed E-state index contributed by atoms with van der Waals surface area (Å²) in [5.41, 5.74) is 2.21. The van der Waals surface area contributed by atoms with Crippen LogP contribution >= 0.6 is 0 Å². The number of benzene rings is 1. The average molecular weight is 498 g/mol. The molecule has 0 bridgehead atoms. The number of para-hydroxylation sites is 1. The standard InChI is InChI=1S/C28H39N3O5/c1-21-26(28(34)31(29(21)2)23-13-7-6-8-14-23)22-19-24(36-25(20-22)35-18-12-11-17-32)27(33)30-15-9-4-3-5-10-16-30/h6-8,13-14,19,22,25,32H,3-5,9-12,15-18,20H2,1-2H3/t22-,25+/m1/s1. The summed E-state index contributed by atoms with van der Waals surface area (Å²) in [6, 6.07) is 9.57. The van der Waals surface area contributed by atoms with E-state index < -0.39 is 6.29 Å². The van der Waals surface area contributed by atoms with Gasteiger partial charge in [0.2, 0.25) is 6.29 Å². The van der Waals surface area contributed by atoms with Crippen LogP contribution in [0.3, 0.4) is 0 Å². The molecule has 36 heavy (non-hydrogen) atoms. The van der Waals surface area contributed by atoms with Crippen LogP contribution in [0.4, 0.5) is 0 Å². The smallest absolute Gasteiger partial charge is 0.288 e. The molecule has 3 heterocycles. The van der Waals surface area contributed by atoms with Crippen LogP contribution in [0.1, 0.15) is 68.5 Å². The number of aromatic nitrogens is 2. The van der Waals surface area contributed by atoms with E-state index in [1.165, 1.54) is 6.42 Å². The number of nitrogens with zero attached hydrogens (tertiary/aromatic N) is 3. The van der Waals surface area contributed by atoms with Crippen molar-refractivity contribution in [1.82, 2.24) is 14.3 Å². The molecule has 1 fully saturated rings. The molecule has 4 rings (SSSR count). The number of hydrogen-bond acceptors (Lipinski definition) is 5. The Morgan fingerprint density at radius 2 is 1.78 bits per heavy atom. The second kappa shape index (κ2) is 12.4. The molecule has 0 unspecified atom stereocenters. The van der Waals surface area contributed by atoms with Gasteiger partial charge in [0.25, 0.3) is 11.5 Å². The van der Waals surface area contributed by atoms with Gasteiger partial charge in [0, 0.05) is 50.3 Å². The van der Waals surface area contributed by atoms with Gasteiger partial charge in [-0.3, -0.25) is 14.3 Å². The molecule has 2 aliphatic heterocycles. The normalized spacial score (nSPS) is 20.9. The van der Waals surface area contributed by atoms with Crippen LogP contribution < -0.4 is 5.56 Å². The van der Waals surface area contributed by atoms with Gasteiger partial charge in [-0.2, -0.15) is 0 Å². The largest absolute Gasteiger partial charge is 0.459 e. The molecule has 2 atom stereocenters. The summed E-state index contributed by atoms with van der Waals surface area (Å²) in [4.78, 5) is 29.1. The summed E-state index contributed by atoms with van der Waals surface area (Å²) >= 11 is 0. The quantitative estimate of drug-likeness (QED) is 0.561. The number of hydrogen-bond donors (Lipinski definition) is 1. The zero-order valence-electron chi connectivity index (χ0n) is 21.5. The Morgan fingerprint density at radius 1 is 1.08 bits per heavy atom. The van der Waals surface area contributed by atoms with Gasteiger partial charge in [0.15, 0.2) is 5.76 Å². The van der Waals surface area contributed by atoms with Crippen molar-refractivity contribution in [3.8, 4) is 5.69 Å². The fourth-order valence-electron chi connectivity index (χ4n) is 5.16. The number of carbonyl (C=O) groups is 1. The summed E-state index contributed by atoms with van der Waals surface area (Å²) in [5, 5.41) is 9.09. The lowest BCUT2D eigenvalue weighted by molar-refractivity contribution is -0.153. The first-order valence-electron chi connectivity index (χ1n) is 13.3. The van der Waals surface area contributed by atoms with Crippen molar-refractivity contribution in [3.05, 3.63) is 63.8 Å². The highest BCUT2D eigenvalue weighted by atomic mass is 16.7.